The minimum absolute atomic E-state index is 0.0796. The molecule has 1 aromatic carbocycles. The molecule has 1 fully saturated rings. The lowest BCUT2D eigenvalue weighted by atomic mass is 10.0. The van der Waals surface area contributed by atoms with Crippen LogP contribution in [0.2, 0.25) is 0 Å². The zero-order chi connectivity index (χ0) is 18.8. The van der Waals surface area contributed by atoms with Crippen LogP contribution in [0.5, 0.6) is 5.75 Å². The number of pyridine rings is 2. The number of benzene rings is 1. The SMILES string of the molecule is Cc1cc(C(=O)N2CCC(Oc3cccnc3)CC2)c2cccc(C)c2n1. The van der Waals surface area contributed by atoms with Crippen molar-refractivity contribution in [3.8, 4) is 5.75 Å². The molecule has 0 bridgehead atoms. The van der Waals surface area contributed by atoms with Crippen molar-refractivity contribution >= 4 is 16.8 Å². The number of aromatic nitrogens is 2. The minimum atomic E-state index is 0.0796. The van der Waals surface area contributed by atoms with Gasteiger partial charge in [0.15, 0.2) is 0 Å². The summed E-state index contributed by atoms with van der Waals surface area (Å²) >= 11 is 0. The molecule has 0 saturated carbocycles. The van der Waals surface area contributed by atoms with Crippen LogP contribution >= 0.6 is 0 Å². The van der Waals surface area contributed by atoms with Gasteiger partial charge in [-0.3, -0.25) is 14.8 Å². The van der Waals surface area contributed by atoms with Gasteiger partial charge in [0.1, 0.15) is 11.9 Å². The average Bonchev–Trinajstić information content (AvgIpc) is 2.69. The number of ether oxygens (including phenoxy) is 1. The van der Waals surface area contributed by atoms with Crippen LogP contribution in [-0.4, -0.2) is 40.0 Å². The van der Waals surface area contributed by atoms with E-state index in [9.17, 15) is 4.79 Å². The number of rotatable bonds is 3. The van der Waals surface area contributed by atoms with Gasteiger partial charge in [0.25, 0.3) is 5.91 Å². The Balaban J connectivity index is 1.50. The molecule has 2 aromatic heterocycles. The maximum Gasteiger partial charge on any atom is 0.254 e. The molecule has 5 nitrogen and oxygen atoms in total. The number of aryl methyl sites for hydroxylation is 2. The molecule has 1 saturated heterocycles. The second-order valence-corrected chi connectivity index (χ2v) is 7.08. The van der Waals surface area contributed by atoms with E-state index in [0.29, 0.717) is 13.1 Å². The van der Waals surface area contributed by atoms with E-state index in [2.05, 4.69) is 9.97 Å². The number of hydrogen-bond acceptors (Lipinski definition) is 4. The van der Waals surface area contributed by atoms with Crippen LogP contribution in [0.1, 0.15) is 34.5 Å². The fraction of sp³-hybridized carbons (Fsp3) is 0.318. The molecule has 4 rings (SSSR count). The van der Waals surface area contributed by atoms with Gasteiger partial charge in [-0.2, -0.15) is 0 Å². The third-order valence-electron chi connectivity index (χ3n) is 5.07. The molecule has 0 unspecified atom stereocenters. The van der Waals surface area contributed by atoms with Crippen LogP contribution in [0.3, 0.4) is 0 Å². The number of piperidine rings is 1. The third-order valence-corrected chi connectivity index (χ3v) is 5.07. The third kappa shape index (κ3) is 3.63. The van der Waals surface area contributed by atoms with E-state index < -0.39 is 0 Å². The lowest BCUT2D eigenvalue weighted by Crippen LogP contribution is -2.41. The maximum absolute atomic E-state index is 13.2. The fourth-order valence-corrected chi connectivity index (χ4v) is 3.65. The molecule has 0 aliphatic carbocycles. The highest BCUT2D eigenvalue weighted by Gasteiger charge is 2.26. The first-order valence-electron chi connectivity index (χ1n) is 9.35. The van der Waals surface area contributed by atoms with Crippen molar-refractivity contribution in [3.05, 3.63) is 65.6 Å². The minimum Gasteiger partial charge on any atom is -0.489 e. The Bertz CT molecular complexity index is 964. The lowest BCUT2D eigenvalue weighted by molar-refractivity contribution is 0.0596. The van der Waals surface area contributed by atoms with Crippen molar-refractivity contribution in [1.29, 1.82) is 0 Å². The first kappa shape index (κ1) is 17.5. The Morgan fingerprint density at radius 2 is 1.96 bits per heavy atom. The zero-order valence-electron chi connectivity index (χ0n) is 15.7. The number of carbonyl (C=O) groups excluding carboxylic acids is 1. The highest BCUT2D eigenvalue weighted by molar-refractivity contribution is 6.06. The quantitative estimate of drug-likeness (QED) is 0.709. The molecular weight excluding hydrogens is 338 g/mol. The van der Waals surface area contributed by atoms with Crippen LogP contribution in [0, 0.1) is 13.8 Å². The summed E-state index contributed by atoms with van der Waals surface area (Å²) in [6.45, 7) is 5.36. The van der Waals surface area contributed by atoms with Crippen LogP contribution in [0.15, 0.2) is 48.8 Å². The first-order chi connectivity index (χ1) is 13.1. The summed E-state index contributed by atoms with van der Waals surface area (Å²) in [6.07, 6.45) is 5.22. The van der Waals surface area contributed by atoms with E-state index in [1.165, 1.54) is 0 Å². The molecule has 0 atom stereocenters. The number of para-hydroxylation sites is 1. The molecule has 27 heavy (non-hydrogen) atoms. The molecule has 1 amide bonds. The molecule has 0 spiro atoms. The second kappa shape index (κ2) is 7.35. The van der Waals surface area contributed by atoms with Crippen molar-refractivity contribution < 1.29 is 9.53 Å². The Kier molecular flexibility index (Phi) is 4.75. The number of likely N-dealkylation sites (tertiary alicyclic amines) is 1. The largest absolute Gasteiger partial charge is 0.489 e. The van der Waals surface area contributed by atoms with Crippen molar-refractivity contribution in [3.63, 3.8) is 0 Å². The van der Waals surface area contributed by atoms with E-state index in [4.69, 9.17) is 4.74 Å². The van der Waals surface area contributed by atoms with Crippen molar-refractivity contribution in [2.75, 3.05) is 13.1 Å². The number of nitrogens with zero attached hydrogens (tertiary/aromatic N) is 3. The van der Waals surface area contributed by atoms with Gasteiger partial charge in [-0.25, -0.2) is 0 Å². The molecule has 138 valence electrons. The zero-order valence-corrected chi connectivity index (χ0v) is 15.7. The summed E-state index contributed by atoms with van der Waals surface area (Å²) in [7, 11) is 0. The summed E-state index contributed by atoms with van der Waals surface area (Å²) in [5, 5.41) is 0.930. The molecule has 3 heterocycles. The van der Waals surface area contributed by atoms with Gasteiger partial charge in [0, 0.05) is 43.2 Å². The molecule has 1 aliphatic heterocycles. The predicted octanol–water partition coefficient (Wildman–Crippen LogP) is 3.93. The van der Waals surface area contributed by atoms with Crippen molar-refractivity contribution in [1.82, 2.24) is 14.9 Å². The van der Waals surface area contributed by atoms with Crippen LogP contribution in [-0.2, 0) is 0 Å². The monoisotopic (exact) mass is 361 g/mol. The highest BCUT2D eigenvalue weighted by atomic mass is 16.5. The molecule has 0 radical (unpaired) electrons. The van der Waals surface area contributed by atoms with Gasteiger partial charge in [-0.15, -0.1) is 0 Å². The average molecular weight is 361 g/mol. The molecule has 1 aliphatic rings. The molecule has 0 N–H and O–H groups in total. The van der Waals surface area contributed by atoms with E-state index >= 15 is 0 Å². The number of fused-ring (bicyclic) bond motifs is 1. The Morgan fingerprint density at radius 3 is 2.70 bits per heavy atom. The van der Waals surface area contributed by atoms with Gasteiger partial charge < -0.3 is 9.64 Å². The summed E-state index contributed by atoms with van der Waals surface area (Å²) < 4.78 is 5.98. The van der Waals surface area contributed by atoms with E-state index in [-0.39, 0.29) is 12.0 Å². The summed E-state index contributed by atoms with van der Waals surface area (Å²) in [4.78, 5) is 23.8. The molecule has 3 aromatic rings. The predicted molar refractivity (Wildman–Crippen MR) is 105 cm³/mol. The molecular formula is C22H23N3O2. The highest BCUT2D eigenvalue weighted by Crippen LogP contribution is 2.25. The number of hydrogen-bond donors (Lipinski definition) is 0. The van der Waals surface area contributed by atoms with Gasteiger partial charge in [0.2, 0.25) is 0 Å². The van der Waals surface area contributed by atoms with Gasteiger partial charge in [-0.1, -0.05) is 18.2 Å². The lowest BCUT2D eigenvalue weighted by Gasteiger charge is -2.32. The Hall–Kier alpha value is -2.95. The first-order valence-corrected chi connectivity index (χ1v) is 9.35. The smallest absolute Gasteiger partial charge is 0.254 e. The Labute approximate surface area is 159 Å². The summed E-state index contributed by atoms with van der Waals surface area (Å²) in [5.41, 5.74) is 3.62. The van der Waals surface area contributed by atoms with Gasteiger partial charge in [-0.05, 0) is 37.6 Å². The van der Waals surface area contributed by atoms with Crippen LogP contribution < -0.4 is 4.74 Å². The topological polar surface area (TPSA) is 55.3 Å². The van der Waals surface area contributed by atoms with Gasteiger partial charge >= 0.3 is 0 Å². The maximum atomic E-state index is 13.2. The van der Waals surface area contributed by atoms with E-state index in [1.807, 2.05) is 55.1 Å². The summed E-state index contributed by atoms with van der Waals surface area (Å²) in [6, 6.07) is 11.7. The van der Waals surface area contributed by atoms with Crippen molar-refractivity contribution in [2.45, 2.75) is 32.8 Å². The number of carbonyl (C=O) groups is 1. The standard InChI is InChI=1S/C22H23N3O2/c1-15-5-3-7-19-20(13-16(2)24-21(15)19)22(26)25-11-8-17(9-12-25)27-18-6-4-10-23-14-18/h3-7,10,13-14,17H,8-9,11-12H2,1-2H3. The fourth-order valence-electron chi connectivity index (χ4n) is 3.65. The number of amides is 1. The van der Waals surface area contributed by atoms with Crippen LogP contribution in [0.4, 0.5) is 0 Å². The molecule has 5 heteroatoms. The van der Waals surface area contributed by atoms with Gasteiger partial charge in [0.05, 0.1) is 17.3 Å². The van der Waals surface area contributed by atoms with E-state index in [1.54, 1.807) is 12.4 Å². The second-order valence-electron chi connectivity index (χ2n) is 7.08. The van der Waals surface area contributed by atoms with E-state index in [0.717, 1.165) is 46.3 Å². The Morgan fingerprint density at radius 1 is 1.15 bits per heavy atom. The van der Waals surface area contributed by atoms with Crippen molar-refractivity contribution in [2.24, 2.45) is 0 Å². The van der Waals surface area contributed by atoms with Crippen LogP contribution in [0.25, 0.3) is 10.9 Å². The normalized spacial score (nSPS) is 15.1. The summed E-state index contributed by atoms with van der Waals surface area (Å²) in [5.74, 6) is 0.865.